The lowest BCUT2D eigenvalue weighted by atomic mass is 10.0. The molecule has 0 aliphatic rings. The van der Waals surface area contributed by atoms with Crippen LogP contribution in [0, 0.1) is 13.8 Å². The van der Waals surface area contributed by atoms with Gasteiger partial charge in [-0.15, -0.1) is 0 Å². The molecule has 0 saturated carbocycles. The number of amides is 1. The molecule has 1 N–H and O–H groups in total. The molecule has 2 aromatic heterocycles. The quantitative estimate of drug-likeness (QED) is 0.668. The molecule has 1 atom stereocenters. The molecule has 3 rings (SSSR count). The molecule has 26 heavy (non-hydrogen) atoms. The molecule has 1 aromatic carbocycles. The SMILES string of the molecule is CC[C@@H](C)NC(=O)CSc1nccn2nc(-c3ccc(C)c(C)c3)cc12. The van der Waals surface area contributed by atoms with Crippen LogP contribution in [0.2, 0.25) is 0 Å². The van der Waals surface area contributed by atoms with Crippen LogP contribution >= 0.6 is 11.8 Å². The van der Waals surface area contributed by atoms with Gasteiger partial charge < -0.3 is 5.32 Å². The van der Waals surface area contributed by atoms with Gasteiger partial charge in [0.15, 0.2) is 0 Å². The van der Waals surface area contributed by atoms with Crippen molar-refractivity contribution in [3.8, 4) is 11.3 Å². The highest BCUT2D eigenvalue weighted by Crippen LogP contribution is 2.27. The molecule has 3 aromatic rings. The molecule has 136 valence electrons. The summed E-state index contributed by atoms with van der Waals surface area (Å²) in [6.45, 7) is 8.27. The van der Waals surface area contributed by atoms with Gasteiger partial charge in [0.1, 0.15) is 5.03 Å². The molecule has 2 heterocycles. The van der Waals surface area contributed by atoms with Crippen LogP contribution in [0.5, 0.6) is 0 Å². The highest BCUT2D eigenvalue weighted by atomic mass is 32.2. The maximum absolute atomic E-state index is 12.0. The largest absolute Gasteiger partial charge is 0.353 e. The fourth-order valence-corrected chi connectivity index (χ4v) is 3.39. The van der Waals surface area contributed by atoms with Gasteiger partial charge >= 0.3 is 0 Å². The van der Waals surface area contributed by atoms with E-state index < -0.39 is 0 Å². The summed E-state index contributed by atoms with van der Waals surface area (Å²) in [7, 11) is 0. The van der Waals surface area contributed by atoms with E-state index in [1.165, 1.54) is 22.9 Å². The summed E-state index contributed by atoms with van der Waals surface area (Å²) >= 11 is 1.44. The van der Waals surface area contributed by atoms with Crippen molar-refractivity contribution in [2.45, 2.75) is 45.2 Å². The van der Waals surface area contributed by atoms with Crippen molar-refractivity contribution in [2.75, 3.05) is 5.75 Å². The van der Waals surface area contributed by atoms with E-state index >= 15 is 0 Å². The van der Waals surface area contributed by atoms with Crippen LogP contribution in [0.15, 0.2) is 41.7 Å². The van der Waals surface area contributed by atoms with E-state index in [0.29, 0.717) is 5.75 Å². The van der Waals surface area contributed by atoms with Gasteiger partial charge in [-0.05, 0) is 50.5 Å². The first-order valence-corrected chi connectivity index (χ1v) is 9.80. The summed E-state index contributed by atoms with van der Waals surface area (Å²) in [5, 5.41) is 8.46. The molecular formula is C20H24N4OS. The van der Waals surface area contributed by atoms with Crippen molar-refractivity contribution in [2.24, 2.45) is 0 Å². The Hall–Kier alpha value is -2.34. The molecule has 0 radical (unpaired) electrons. The Morgan fingerprint density at radius 3 is 2.81 bits per heavy atom. The lowest BCUT2D eigenvalue weighted by molar-refractivity contribution is -0.119. The third kappa shape index (κ3) is 4.07. The molecular weight excluding hydrogens is 344 g/mol. The third-order valence-electron chi connectivity index (χ3n) is 4.52. The minimum atomic E-state index is 0.0297. The number of hydrogen-bond donors (Lipinski definition) is 1. The topological polar surface area (TPSA) is 59.3 Å². The Morgan fingerprint density at radius 2 is 2.08 bits per heavy atom. The summed E-state index contributed by atoms with van der Waals surface area (Å²) in [5.74, 6) is 0.378. The second-order valence-electron chi connectivity index (χ2n) is 6.56. The van der Waals surface area contributed by atoms with Gasteiger partial charge in [-0.25, -0.2) is 9.50 Å². The molecule has 0 saturated heterocycles. The minimum Gasteiger partial charge on any atom is -0.353 e. The second-order valence-corrected chi connectivity index (χ2v) is 7.52. The number of aromatic nitrogens is 3. The maximum atomic E-state index is 12.0. The molecule has 0 spiro atoms. The van der Waals surface area contributed by atoms with Crippen molar-refractivity contribution in [3.05, 3.63) is 47.8 Å². The zero-order valence-corrected chi connectivity index (χ0v) is 16.4. The molecule has 0 unspecified atom stereocenters. The minimum absolute atomic E-state index is 0.0297. The predicted octanol–water partition coefficient (Wildman–Crippen LogP) is 4.02. The number of rotatable bonds is 6. The van der Waals surface area contributed by atoms with E-state index in [2.05, 4.69) is 54.4 Å². The first-order chi connectivity index (χ1) is 12.5. The van der Waals surface area contributed by atoms with Gasteiger partial charge in [0.05, 0.1) is 17.0 Å². The Balaban J connectivity index is 1.83. The normalized spacial score (nSPS) is 12.3. The van der Waals surface area contributed by atoms with Crippen LogP contribution in [0.3, 0.4) is 0 Å². The van der Waals surface area contributed by atoms with Gasteiger partial charge in [-0.1, -0.05) is 30.8 Å². The van der Waals surface area contributed by atoms with Crippen LogP contribution < -0.4 is 5.32 Å². The number of nitrogens with one attached hydrogen (secondary N) is 1. The van der Waals surface area contributed by atoms with Crippen molar-refractivity contribution in [1.82, 2.24) is 19.9 Å². The van der Waals surface area contributed by atoms with E-state index in [4.69, 9.17) is 0 Å². The van der Waals surface area contributed by atoms with Gasteiger partial charge in [0.25, 0.3) is 0 Å². The molecule has 0 bridgehead atoms. The molecule has 0 aliphatic carbocycles. The lowest BCUT2D eigenvalue weighted by Gasteiger charge is -2.10. The average molecular weight is 369 g/mol. The van der Waals surface area contributed by atoms with E-state index in [1.807, 2.05) is 23.7 Å². The fourth-order valence-electron chi connectivity index (χ4n) is 2.60. The standard InChI is InChI=1S/C20H24N4OS/c1-5-15(4)22-19(25)12-26-20-18-11-17(23-24(18)9-8-21-20)16-7-6-13(2)14(3)10-16/h6-11,15H,5,12H2,1-4H3,(H,22,25)/t15-/m1/s1. The summed E-state index contributed by atoms with van der Waals surface area (Å²) < 4.78 is 1.83. The summed E-state index contributed by atoms with van der Waals surface area (Å²) in [4.78, 5) is 16.5. The number of carbonyl (C=O) groups excluding carboxylic acids is 1. The molecule has 5 nitrogen and oxygen atoms in total. The number of nitrogens with zero attached hydrogens (tertiary/aromatic N) is 3. The Morgan fingerprint density at radius 1 is 1.27 bits per heavy atom. The van der Waals surface area contributed by atoms with E-state index in [1.54, 1.807) is 6.20 Å². The van der Waals surface area contributed by atoms with E-state index in [0.717, 1.165) is 28.2 Å². The number of aryl methyl sites for hydroxylation is 2. The molecule has 0 aliphatic heterocycles. The van der Waals surface area contributed by atoms with Crippen LogP contribution in [-0.4, -0.2) is 32.3 Å². The summed E-state index contributed by atoms with van der Waals surface area (Å²) in [5.41, 5.74) is 5.42. The Kier molecular flexibility index (Phi) is 5.61. The monoisotopic (exact) mass is 368 g/mol. The highest BCUT2D eigenvalue weighted by Gasteiger charge is 2.12. The number of benzene rings is 1. The number of fused-ring (bicyclic) bond motifs is 1. The Labute approximate surface area is 158 Å². The second kappa shape index (κ2) is 7.91. The lowest BCUT2D eigenvalue weighted by Crippen LogP contribution is -2.33. The fraction of sp³-hybridized carbons (Fsp3) is 0.350. The van der Waals surface area contributed by atoms with Crippen LogP contribution in [0.25, 0.3) is 16.8 Å². The highest BCUT2D eigenvalue weighted by molar-refractivity contribution is 8.00. The average Bonchev–Trinajstić information content (AvgIpc) is 3.07. The molecule has 1 amide bonds. The van der Waals surface area contributed by atoms with Gasteiger partial charge in [-0.2, -0.15) is 5.10 Å². The van der Waals surface area contributed by atoms with E-state index in [-0.39, 0.29) is 11.9 Å². The Bertz CT molecular complexity index is 935. The molecule has 0 fully saturated rings. The number of hydrogen-bond acceptors (Lipinski definition) is 4. The summed E-state index contributed by atoms with van der Waals surface area (Å²) in [6, 6.07) is 8.58. The van der Waals surface area contributed by atoms with E-state index in [9.17, 15) is 4.79 Å². The third-order valence-corrected chi connectivity index (χ3v) is 5.51. The van der Waals surface area contributed by atoms with Crippen LogP contribution in [-0.2, 0) is 4.79 Å². The number of thioether (sulfide) groups is 1. The van der Waals surface area contributed by atoms with Crippen molar-refractivity contribution in [3.63, 3.8) is 0 Å². The van der Waals surface area contributed by atoms with Gasteiger partial charge in [0, 0.05) is 24.0 Å². The zero-order chi connectivity index (χ0) is 18.7. The maximum Gasteiger partial charge on any atom is 0.230 e. The van der Waals surface area contributed by atoms with Crippen molar-refractivity contribution >= 4 is 23.2 Å². The number of carbonyl (C=O) groups is 1. The predicted molar refractivity (Wildman–Crippen MR) is 107 cm³/mol. The molecule has 6 heteroatoms. The van der Waals surface area contributed by atoms with Gasteiger partial charge in [0.2, 0.25) is 5.91 Å². The zero-order valence-electron chi connectivity index (χ0n) is 15.6. The smallest absolute Gasteiger partial charge is 0.230 e. The van der Waals surface area contributed by atoms with Crippen molar-refractivity contribution < 1.29 is 4.79 Å². The van der Waals surface area contributed by atoms with Gasteiger partial charge in [-0.3, -0.25) is 4.79 Å². The van der Waals surface area contributed by atoms with Crippen molar-refractivity contribution in [1.29, 1.82) is 0 Å². The van der Waals surface area contributed by atoms with Crippen LogP contribution in [0.1, 0.15) is 31.4 Å². The first-order valence-electron chi connectivity index (χ1n) is 8.82. The first kappa shape index (κ1) is 18.5. The summed E-state index contributed by atoms with van der Waals surface area (Å²) in [6.07, 6.45) is 4.48. The van der Waals surface area contributed by atoms with Crippen LogP contribution in [0.4, 0.5) is 0 Å².